The first-order valence-electron chi connectivity index (χ1n) is 15.6. The molecule has 1 aromatic heterocycles. The summed E-state index contributed by atoms with van der Waals surface area (Å²) in [6.07, 6.45) is 2.32. The van der Waals surface area contributed by atoms with Gasteiger partial charge in [0.25, 0.3) is 11.8 Å². The number of piperazine rings is 1. The number of benzene rings is 2. The zero-order chi connectivity index (χ0) is 33.2. The van der Waals surface area contributed by atoms with Crippen LogP contribution in [0.25, 0.3) is 10.9 Å². The van der Waals surface area contributed by atoms with Gasteiger partial charge in [0.2, 0.25) is 0 Å². The molecular formula is C34H44N8O3S. The number of hydrogen-bond donors (Lipinski definition) is 2. The SMILES string of the molecule is CC(N)=C(C)C(N)=Nc1ncnc2cc(OCCCN3CCN(C(=O)c4ccc5c(c4)C(=O)N(C)C5)CC3)c(SC(C)(C)C)cc12. The lowest BCUT2D eigenvalue weighted by Gasteiger charge is -2.34. The summed E-state index contributed by atoms with van der Waals surface area (Å²) in [7, 11) is 1.78. The van der Waals surface area contributed by atoms with Gasteiger partial charge < -0.3 is 26.0 Å². The third-order valence-corrected chi connectivity index (χ3v) is 9.33. The molecule has 4 N–H and O–H groups in total. The fourth-order valence-electron chi connectivity index (χ4n) is 5.47. The number of amidine groups is 1. The lowest BCUT2D eigenvalue weighted by molar-refractivity contribution is 0.0630. The molecule has 5 rings (SSSR count). The Morgan fingerprint density at radius 3 is 2.50 bits per heavy atom. The Kier molecular flexibility index (Phi) is 9.88. The second-order valence-electron chi connectivity index (χ2n) is 12.9. The minimum absolute atomic E-state index is 0.0187. The molecule has 0 spiro atoms. The second kappa shape index (κ2) is 13.7. The Bertz CT molecular complexity index is 1700. The van der Waals surface area contributed by atoms with Crippen LogP contribution in [0.5, 0.6) is 5.75 Å². The Labute approximate surface area is 275 Å². The van der Waals surface area contributed by atoms with E-state index < -0.39 is 0 Å². The summed E-state index contributed by atoms with van der Waals surface area (Å²) in [5.74, 6) is 1.54. The fourth-order valence-corrected chi connectivity index (χ4v) is 6.52. The van der Waals surface area contributed by atoms with Crippen LogP contribution < -0.4 is 16.2 Å². The highest BCUT2D eigenvalue weighted by atomic mass is 32.2. The third-order valence-electron chi connectivity index (χ3n) is 8.18. The number of allylic oxidation sites excluding steroid dienone is 1. The number of aliphatic imine (C=N–C) groups is 1. The van der Waals surface area contributed by atoms with E-state index in [9.17, 15) is 9.59 Å². The van der Waals surface area contributed by atoms with Crippen LogP contribution in [0.2, 0.25) is 0 Å². The van der Waals surface area contributed by atoms with Gasteiger partial charge in [0.15, 0.2) is 5.82 Å². The average Bonchev–Trinajstić information content (AvgIpc) is 3.30. The molecule has 0 bridgehead atoms. The molecule has 12 heteroatoms. The molecule has 0 atom stereocenters. The van der Waals surface area contributed by atoms with Crippen molar-refractivity contribution in [2.75, 3.05) is 46.4 Å². The topological polar surface area (TPSA) is 143 Å². The Balaban J connectivity index is 1.19. The number of carbonyl (C=O) groups excluding carboxylic acids is 2. The molecule has 0 saturated carbocycles. The van der Waals surface area contributed by atoms with Crippen molar-refractivity contribution in [1.29, 1.82) is 0 Å². The Morgan fingerprint density at radius 1 is 1.07 bits per heavy atom. The average molecular weight is 645 g/mol. The first kappa shape index (κ1) is 33.2. The van der Waals surface area contributed by atoms with E-state index in [1.165, 1.54) is 6.33 Å². The van der Waals surface area contributed by atoms with Crippen LogP contribution in [0.1, 0.15) is 67.3 Å². The molecule has 1 fully saturated rings. The van der Waals surface area contributed by atoms with Crippen molar-refractivity contribution >= 4 is 46.1 Å². The number of thioether (sulfide) groups is 1. The molecule has 2 aromatic carbocycles. The maximum atomic E-state index is 13.2. The quantitative estimate of drug-likeness (QED) is 0.148. The largest absolute Gasteiger partial charge is 0.492 e. The van der Waals surface area contributed by atoms with E-state index in [1.807, 2.05) is 36.1 Å². The molecule has 0 unspecified atom stereocenters. The van der Waals surface area contributed by atoms with Crippen LogP contribution in [0.4, 0.5) is 5.82 Å². The fraction of sp³-hybridized carbons (Fsp3) is 0.441. The summed E-state index contributed by atoms with van der Waals surface area (Å²) in [5, 5.41) is 0.790. The third kappa shape index (κ3) is 7.61. The van der Waals surface area contributed by atoms with Crippen LogP contribution in [0.3, 0.4) is 0 Å². The summed E-state index contributed by atoms with van der Waals surface area (Å²) >= 11 is 1.72. The molecule has 3 heterocycles. The number of nitrogens with zero attached hydrogens (tertiary/aromatic N) is 6. The number of nitrogens with two attached hydrogens (primary N) is 2. The maximum absolute atomic E-state index is 13.2. The van der Waals surface area contributed by atoms with Gasteiger partial charge in [0.05, 0.1) is 17.0 Å². The van der Waals surface area contributed by atoms with Crippen molar-refractivity contribution in [3.63, 3.8) is 0 Å². The van der Waals surface area contributed by atoms with Gasteiger partial charge in [-0.2, -0.15) is 0 Å². The maximum Gasteiger partial charge on any atom is 0.254 e. The molecule has 2 aliphatic rings. The molecular weight excluding hydrogens is 600 g/mol. The highest BCUT2D eigenvalue weighted by molar-refractivity contribution is 8.00. The monoisotopic (exact) mass is 644 g/mol. The first-order chi connectivity index (χ1) is 21.8. The smallest absolute Gasteiger partial charge is 0.254 e. The molecule has 0 aliphatic carbocycles. The molecule has 3 aromatic rings. The Morgan fingerprint density at radius 2 is 1.80 bits per heavy atom. The predicted molar refractivity (Wildman–Crippen MR) is 184 cm³/mol. The van der Waals surface area contributed by atoms with Crippen LogP contribution >= 0.6 is 11.8 Å². The lowest BCUT2D eigenvalue weighted by atomic mass is 10.0. The van der Waals surface area contributed by atoms with E-state index in [0.717, 1.165) is 53.2 Å². The van der Waals surface area contributed by atoms with Crippen LogP contribution in [0, 0.1) is 0 Å². The van der Waals surface area contributed by atoms with Gasteiger partial charge in [0.1, 0.15) is 17.9 Å². The summed E-state index contributed by atoms with van der Waals surface area (Å²) in [5.41, 5.74) is 16.4. The van der Waals surface area contributed by atoms with Crippen molar-refractivity contribution in [3.8, 4) is 5.75 Å². The summed E-state index contributed by atoms with van der Waals surface area (Å²) in [6, 6.07) is 9.48. The number of amides is 2. The lowest BCUT2D eigenvalue weighted by Crippen LogP contribution is -2.49. The number of fused-ring (bicyclic) bond motifs is 2. The molecule has 0 radical (unpaired) electrons. The van der Waals surface area contributed by atoms with Crippen molar-refractivity contribution < 1.29 is 14.3 Å². The van der Waals surface area contributed by atoms with Gasteiger partial charge in [-0.15, -0.1) is 11.8 Å². The zero-order valence-corrected chi connectivity index (χ0v) is 28.4. The summed E-state index contributed by atoms with van der Waals surface area (Å²) in [6.45, 7) is 15.0. The predicted octanol–water partition coefficient (Wildman–Crippen LogP) is 4.57. The zero-order valence-electron chi connectivity index (χ0n) is 27.6. The van der Waals surface area contributed by atoms with E-state index in [0.29, 0.717) is 60.3 Å². The van der Waals surface area contributed by atoms with Gasteiger partial charge >= 0.3 is 0 Å². The number of rotatable bonds is 9. The highest BCUT2D eigenvalue weighted by Crippen LogP contribution is 2.41. The van der Waals surface area contributed by atoms with E-state index in [2.05, 4.69) is 40.6 Å². The van der Waals surface area contributed by atoms with Crippen LogP contribution in [-0.2, 0) is 6.54 Å². The van der Waals surface area contributed by atoms with Crippen molar-refractivity contribution in [2.24, 2.45) is 16.5 Å². The van der Waals surface area contributed by atoms with Gasteiger partial charge in [-0.3, -0.25) is 14.5 Å². The summed E-state index contributed by atoms with van der Waals surface area (Å²) < 4.78 is 6.30. The van der Waals surface area contributed by atoms with Crippen LogP contribution in [-0.4, -0.2) is 93.4 Å². The second-order valence-corrected chi connectivity index (χ2v) is 14.8. The highest BCUT2D eigenvalue weighted by Gasteiger charge is 2.28. The number of aromatic nitrogens is 2. The van der Waals surface area contributed by atoms with Crippen LogP contribution in [0.15, 0.2) is 57.8 Å². The van der Waals surface area contributed by atoms with Crippen molar-refractivity contribution in [3.05, 3.63) is 64.6 Å². The van der Waals surface area contributed by atoms with E-state index in [-0.39, 0.29) is 16.6 Å². The molecule has 11 nitrogen and oxygen atoms in total. The molecule has 2 aliphatic heterocycles. The number of hydrogen-bond acceptors (Lipinski definition) is 9. The number of ether oxygens (including phenoxy) is 1. The van der Waals surface area contributed by atoms with Gasteiger partial charge in [-0.05, 0) is 44.0 Å². The van der Waals surface area contributed by atoms with E-state index >= 15 is 0 Å². The van der Waals surface area contributed by atoms with E-state index in [4.69, 9.17) is 16.2 Å². The first-order valence-corrected chi connectivity index (χ1v) is 16.4. The molecule has 2 amide bonds. The Hall–Kier alpha value is -4.16. The van der Waals surface area contributed by atoms with Crippen molar-refractivity contribution in [1.82, 2.24) is 24.7 Å². The standard InChI is InChI=1S/C34H44N8O3S/c1-21(22(2)35)30(36)39-31-26-17-29(46-34(3,4)5)28(18-27(26)37-20-38-31)45-15-7-10-41-11-13-42(14-12-41)32(43)23-8-9-24-19-40(6)33(44)25(24)16-23/h8-9,16-18,20H,7,10-15,19,35H2,1-6H3,(H2,36,37,38,39). The van der Waals surface area contributed by atoms with Gasteiger partial charge in [0, 0.05) is 84.9 Å². The molecule has 244 valence electrons. The minimum atomic E-state index is -0.0529. The van der Waals surface area contributed by atoms with Gasteiger partial charge in [-0.1, -0.05) is 26.8 Å². The minimum Gasteiger partial charge on any atom is -0.492 e. The molecule has 1 saturated heterocycles. The van der Waals surface area contributed by atoms with E-state index in [1.54, 1.807) is 36.7 Å². The van der Waals surface area contributed by atoms with Gasteiger partial charge in [-0.25, -0.2) is 15.0 Å². The number of carbonyl (C=O) groups is 2. The normalized spacial score (nSPS) is 16.6. The molecule has 46 heavy (non-hydrogen) atoms. The van der Waals surface area contributed by atoms with Crippen molar-refractivity contribution in [2.45, 2.75) is 57.2 Å². The summed E-state index contributed by atoms with van der Waals surface area (Å²) in [4.78, 5) is 45.9.